The van der Waals surface area contributed by atoms with Crippen LogP contribution in [0, 0.1) is 5.92 Å². The zero-order valence-corrected chi connectivity index (χ0v) is 11.1. The quantitative estimate of drug-likeness (QED) is 0.801. The minimum atomic E-state index is -0.130. The van der Waals surface area contributed by atoms with Gasteiger partial charge in [-0.3, -0.25) is 4.79 Å². The van der Waals surface area contributed by atoms with Crippen molar-refractivity contribution < 1.29 is 14.3 Å². The van der Waals surface area contributed by atoms with Crippen molar-refractivity contribution in [1.82, 2.24) is 0 Å². The number of benzene rings is 1. The number of carbonyl (C=O) groups excluding carboxylic acids is 1. The van der Waals surface area contributed by atoms with Gasteiger partial charge in [0.25, 0.3) is 0 Å². The lowest BCUT2D eigenvalue weighted by Gasteiger charge is -2.21. The van der Waals surface area contributed by atoms with Crippen LogP contribution in [0.15, 0.2) is 30.3 Å². The van der Waals surface area contributed by atoms with Gasteiger partial charge in [-0.15, -0.1) is 0 Å². The Morgan fingerprint density at radius 1 is 1.26 bits per heavy atom. The summed E-state index contributed by atoms with van der Waals surface area (Å²) in [5.74, 6) is 0.342. The van der Waals surface area contributed by atoms with Gasteiger partial charge in [0, 0.05) is 25.4 Å². The van der Waals surface area contributed by atoms with Gasteiger partial charge in [0.2, 0.25) is 0 Å². The van der Waals surface area contributed by atoms with Crippen LogP contribution in [0.4, 0.5) is 5.69 Å². The van der Waals surface area contributed by atoms with E-state index in [2.05, 4.69) is 5.32 Å². The average Bonchev–Trinajstić information content (AvgIpc) is 2.47. The third-order valence-electron chi connectivity index (χ3n) is 3.25. The summed E-state index contributed by atoms with van der Waals surface area (Å²) in [4.78, 5) is 11.6. The van der Waals surface area contributed by atoms with E-state index < -0.39 is 0 Å². The normalized spacial score (nSPS) is 16.0. The van der Waals surface area contributed by atoms with Crippen molar-refractivity contribution in [3.05, 3.63) is 30.3 Å². The van der Waals surface area contributed by atoms with Crippen molar-refractivity contribution in [1.29, 1.82) is 0 Å². The lowest BCUT2D eigenvalue weighted by atomic mass is 10.0. The number of rotatable bonds is 6. The molecule has 1 fully saturated rings. The van der Waals surface area contributed by atoms with E-state index in [1.807, 2.05) is 30.3 Å². The first-order chi connectivity index (χ1) is 9.34. The Hall–Kier alpha value is -1.55. The molecule has 0 bridgehead atoms. The molecule has 0 amide bonds. The first-order valence-electron chi connectivity index (χ1n) is 6.87. The van der Waals surface area contributed by atoms with Gasteiger partial charge < -0.3 is 14.8 Å². The van der Waals surface area contributed by atoms with Crippen LogP contribution in [0.1, 0.15) is 19.3 Å². The van der Waals surface area contributed by atoms with Gasteiger partial charge >= 0.3 is 5.97 Å². The second-order valence-corrected chi connectivity index (χ2v) is 4.78. The molecule has 19 heavy (non-hydrogen) atoms. The average molecular weight is 263 g/mol. The molecule has 0 unspecified atom stereocenters. The Kier molecular flexibility index (Phi) is 5.69. The maximum Gasteiger partial charge on any atom is 0.307 e. The molecule has 4 heteroatoms. The molecule has 4 nitrogen and oxygen atoms in total. The van der Waals surface area contributed by atoms with Crippen LogP contribution in [0.5, 0.6) is 0 Å². The van der Waals surface area contributed by atoms with Crippen LogP contribution >= 0.6 is 0 Å². The molecule has 0 aromatic heterocycles. The van der Waals surface area contributed by atoms with Crippen molar-refractivity contribution in [2.75, 3.05) is 31.7 Å². The van der Waals surface area contributed by atoms with E-state index in [4.69, 9.17) is 9.47 Å². The molecule has 0 aliphatic carbocycles. The van der Waals surface area contributed by atoms with Gasteiger partial charge in [0.05, 0.1) is 13.0 Å². The first kappa shape index (κ1) is 13.9. The van der Waals surface area contributed by atoms with Crippen LogP contribution in [0.3, 0.4) is 0 Å². The molecule has 0 spiro atoms. The molecule has 1 N–H and O–H groups in total. The highest BCUT2D eigenvalue weighted by atomic mass is 16.5. The fraction of sp³-hybridized carbons (Fsp3) is 0.533. The van der Waals surface area contributed by atoms with Crippen LogP contribution in [0.25, 0.3) is 0 Å². The summed E-state index contributed by atoms with van der Waals surface area (Å²) in [7, 11) is 0. The molecule has 104 valence electrons. The fourth-order valence-electron chi connectivity index (χ4n) is 2.06. The number of para-hydroxylation sites is 1. The molecule has 0 atom stereocenters. The Labute approximate surface area is 114 Å². The van der Waals surface area contributed by atoms with E-state index in [1.165, 1.54) is 0 Å². The molecule has 1 aliphatic heterocycles. The number of hydrogen-bond donors (Lipinski definition) is 1. The molecule has 1 aromatic carbocycles. The summed E-state index contributed by atoms with van der Waals surface area (Å²) in [6, 6.07) is 9.85. The topological polar surface area (TPSA) is 47.6 Å². The van der Waals surface area contributed by atoms with E-state index in [0.717, 1.165) is 31.7 Å². The number of nitrogens with one attached hydrogen (secondary N) is 1. The Morgan fingerprint density at radius 2 is 2.00 bits per heavy atom. The van der Waals surface area contributed by atoms with Crippen LogP contribution in [-0.2, 0) is 14.3 Å². The summed E-state index contributed by atoms with van der Waals surface area (Å²) in [6.07, 6.45) is 2.39. The highest BCUT2D eigenvalue weighted by Crippen LogP contribution is 2.15. The van der Waals surface area contributed by atoms with Crippen molar-refractivity contribution in [3.8, 4) is 0 Å². The highest BCUT2D eigenvalue weighted by molar-refractivity contribution is 5.70. The summed E-state index contributed by atoms with van der Waals surface area (Å²) in [6.45, 7) is 2.72. The Morgan fingerprint density at radius 3 is 2.74 bits per heavy atom. The van der Waals surface area contributed by atoms with Gasteiger partial charge in [-0.1, -0.05) is 18.2 Å². The molecule has 1 aromatic rings. The summed E-state index contributed by atoms with van der Waals surface area (Å²) < 4.78 is 10.6. The lowest BCUT2D eigenvalue weighted by Crippen LogP contribution is -2.22. The Bertz CT molecular complexity index is 374. The number of carbonyl (C=O) groups is 1. The number of esters is 1. The maximum atomic E-state index is 11.6. The standard InChI is InChI=1S/C15H21NO3/c17-15(19-12-13-7-10-18-11-8-13)6-9-16-14-4-2-1-3-5-14/h1-5,13,16H,6-12H2. The smallest absolute Gasteiger partial charge is 0.307 e. The van der Waals surface area contributed by atoms with Crippen LogP contribution in [-0.4, -0.2) is 32.3 Å². The zero-order chi connectivity index (χ0) is 13.3. The van der Waals surface area contributed by atoms with Crippen molar-refractivity contribution in [3.63, 3.8) is 0 Å². The summed E-state index contributed by atoms with van der Waals surface area (Å²) in [5.41, 5.74) is 1.03. The molecular formula is C15H21NO3. The minimum absolute atomic E-state index is 0.130. The second-order valence-electron chi connectivity index (χ2n) is 4.78. The third-order valence-corrected chi connectivity index (χ3v) is 3.25. The van der Waals surface area contributed by atoms with E-state index in [9.17, 15) is 4.79 Å². The van der Waals surface area contributed by atoms with E-state index in [-0.39, 0.29) is 5.97 Å². The number of ether oxygens (including phenoxy) is 2. The van der Waals surface area contributed by atoms with E-state index in [1.54, 1.807) is 0 Å². The molecule has 0 saturated carbocycles. The van der Waals surface area contributed by atoms with Crippen molar-refractivity contribution in [2.24, 2.45) is 5.92 Å². The van der Waals surface area contributed by atoms with Gasteiger partial charge in [-0.05, 0) is 30.9 Å². The Balaban J connectivity index is 1.57. The molecular weight excluding hydrogens is 242 g/mol. The van der Waals surface area contributed by atoms with Gasteiger partial charge in [-0.2, -0.15) is 0 Å². The van der Waals surface area contributed by atoms with Crippen molar-refractivity contribution >= 4 is 11.7 Å². The predicted octanol–water partition coefficient (Wildman–Crippen LogP) is 2.46. The highest BCUT2D eigenvalue weighted by Gasteiger charge is 2.15. The zero-order valence-electron chi connectivity index (χ0n) is 11.1. The molecule has 2 rings (SSSR count). The predicted molar refractivity (Wildman–Crippen MR) is 74.1 cm³/mol. The molecule has 1 heterocycles. The second kappa shape index (κ2) is 7.79. The van der Waals surface area contributed by atoms with Gasteiger partial charge in [0.15, 0.2) is 0 Å². The van der Waals surface area contributed by atoms with Crippen molar-refractivity contribution in [2.45, 2.75) is 19.3 Å². The third kappa shape index (κ3) is 5.30. The fourth-order valence-corrected chi connectivity index (χ4v) is 2.06. The van der Waals surface area contributed by atoms with Gasteiger partial charge in [-0.25, -0.2) is 0 Å². The van der Waals surface area contributed by atoms with E-state index >= 15 is 0 Å². The molecule has 0 radical (unpaired) electrons. The number of anilines is 1. The van der Waals surface area contributed by atoms with Crippen LogP contribution < -0.4 is 5.32 Å². The summed E-state index contributed by atoms with van der Waals surface area (Å²) >= 11 is 0. The van der Waals surface area contributed by atoms with Gasteiger partial charge in [0.1, 0.15) is 0 Å². The molecule has 1 saturated heterocycles. The number of hydrogen-bond acceptors (Lipinski definition) is 4. The largest absolute Gasteiger partial charge is 0.465 e. The lowest BCUT2D eigenvalue weighted by molar-refractivity contribution is -0.145. The van der Waals surface area contributed by atoms with Crippen LogP contribution in [0.2, 0.25) is 0 Å². The first-order valence-corrected chi connectivity index (χ1v) is 6.87. The minimum Gasteiger partial charge on any atom is -0.465 e. The maximum absolute atomic E-state index is 11.6. The van der Waals surface area contributed by atoms with E-state index in [0.29, 0.717) is 25.5 Å². The monoisotopic (exact) mass is 263 g/mol. The SMILES string of the molecule is O=C(CCNc1ccccc1)OCC1CCOCC1. The molecule has 1 aliphatic rings. The summed E-state index contributed by atoms with van der Waals surface area (Å²) in [5, 5.41) is 3.19.